The SMILES string of the molecule is CC1CC[C@@H](C(C)C)[C@H](C(=O)NC2CC2c2ccccc2)C1. The number of hydrogen-bond acceptors (Lipinski definition) is 1. The van der Waals surface area contributed by atoms with E-state index in [1.54, 1.807) is 0 Å². The first kappa shape index (κ1) is 15.6. The molecule has 2 nitrogen and oxygen atoms in total. The van der Waals surface area contributed by atoms with Crippen molar-refractivity contribution in [1.29, 1.82) is 0 Å². The summed E-state index contributed by atoms with van der Waals surface area (Å²) in [5, 5.41) is 3.34. The van der Waals surface area contributed by atoms with Crippen molar-refractivity contribution in [2.45, 2.75) is 58.4 Å². The molecule has 1 amide bonds. The lowest BCUT2D eigenvalue weighted by molar-refractivity contribution is -0.129. The largest absolute Gasteiger partial charge is 0.352 e. The van der Waals surface area contributed by atoms with Crippen molar-refractivity contribution in [1.82, 2.24) is 5.32 Å². The highest BCUT2D eigenvalue weighted by atomic mass is 16.2. The predicted molar refractivity (Wildman–Crippen MR) is 90.6 cm³/mol. The van der Waals surface area contributed by atoms with E-state index in [2.05, 4.69) is 56.4 Å². The van der Waals surface area contributed by atoms with Crippen LogP contribution in [0.15, 0.2) is 30.3 Å². The van der Waals surface area contributed by atoms with Gasteiger partial charge in [-0.1, -0.05) is 57.5 Å². The third kappa shape index (κ3) is 3.37. The molecule has 3 unspecified atom stereocenters. The fourth-order valence-electron chi connectivity index (χ4n) is 4.22. The zero-order chi connectivity index (χ0) is 15.7. The van der Waals surface area contributed by atoms with Crippen molar-refractivity contribution in [3.8, 4) is 0 Å². The summed E-state index contributed by atoms with van der Waals surface area (Å²) in [6.45, 7) is 6.83. The van der Waals surface area contributed by atoms with Gasteiger partial charge in [-0.05, 0) is 42.6 Å². The molecule has 2 fully saturated rings. The Kier molecular flexibility index (Phi) is 4.56. The molecular formula is C20H29NO. The number of benzene rings is 1. The molecule has 0 saturated heterocycles. The molecule has 120 valence electrons. The summed E-state index contributed by atoms with van der Waals surface area (Å²) >= 11 is 0. The molecular weight excluding hydrogens is 270 g/mol. The monoisotopic (exact) mass is 299 g/mol. The highest BCUT2D eigenvalue weighted by molar-refractivity contribution is 5.80. The van der Waals surface area contributed by atoms with Gasteiger partial charge in [-0.2, -0.15) is 0 Å². The van der Waals surface area contributed by atoms with Crippen molar-refractivity contribution < 1.29 is 4.79 Å². The molecule has 1 aromatic carbocycles. The normalized spacial score (nSPS) is 34.5. The second-order valence-electron chi connectivity index (χ2n) is 7.80. The van der Waals surface area contributed by atoms with Gasteiger partial charge in [0.05, 0.1) is 0 Å². The summed E-state index contributed by atoms with van der Waals surface area (Å²) in [7, 11) is 0. The van der Waals surface area contributed by atoms with Crippen LogP contribution < -0.4 is 5.32 Å². The van der Waals surface area contributed by atoms with E-state index in [1.807, 2.05) is 0 Å². The van der Waals surface area contributed by atoms with Crippen LogP contribution in [0.25, 0.3) is 0 Å². The lowest BCUT2D eigenvalue weighted by atomic mass is 9.70. The number of amides is 1. The molecule has 2 saturated carbocycles. The van der Waals surface area contributed by atoms with Gasteiger partial charge in [0.2, 0.25) is 5.91 Å². The second-order valence-corrected chi connectivity index (χ2v) is 7.80. The summed E-state index contributed by atoms with van der Waals surface area (Å²) in [6, 6.07) is 10.9. The van der Waals surface area contributed by atoms with Gasteiger partial charge in [-0.3, -0.25) is 4.79 Å². The first-order valence-corrected chi connectivity index (χ1v) is 8.91. The minimum absolute atomic E-state index is 0.223. The third-order valence-corrected chi connectivity index (χ3v) is 5.70. The average Bonchev–Trinajstić information content (AvgIpc) is 3.27. The fraction of sp³-hybridized carbons (Fsp3) is 0.650. The summed E-state index contributed by atoms with van der Waals surface area (Å²) in [5.74, 6) is 2.92. The maximum absolute atomic E-state index is 12.8. The Balaban J connectivity index is 1.59. The van der Waals surface area contributed by atoms with Crippen molar-refractivity contribution in [3.05, 3.63) is 35.9 Å². The molecule has 0 radical (unpaired) electrons. The zero-order valence-electron chi connectivity index (χ0n) is 14.1. The van der Waals surface area contributed by atoms with Crippen LogP contribution in [0.2, 0.25) is 0 Å². The highest BCUT2D eigenvalue weighted by Crippen LogP contribution is 2.42. The molecule has 22 heavy (non-hydrogen) atoms. The van der Waals surface area contributed by atoms with Crippen molar-refractivity contribution in [2.24, 2.45) is 23.7 Å². The van der Waals surface area contributed by atoms with Crippen LogP contribution >= 0.6 is 0 Å². The van der Waals surface area contributed by atoms with E-state index >= 15 is 0 Å². The Bertz CT molecular complexity index is 510. The molecule has 0 aromatic heterocycles. The van der Waals surface area contributed by atoms with Gasteiger partial charge < -0.3 is 5.32 Å². The van der Waals surface area contributed by atoms with E-state index in [0.29, 0.717) is 35.6 Å². The molecule has 2 aliphatic carbocycles. The molecule has 1 aromatic rings. The van der Waals surface area contributed by atoms with Crippen LogP contribution in [0.1, 0.15) is 57.9 Å². The minimum Gasteiger partial charge on any atom is -0.352 e. The van der Waals surface area contributed by atoms with E-state index in [0.717, 1.165) is 12.8 Å². The zero-order valence-corrected chi connectivity index (χ0v) is 14.1. The summed E-state index contributed by atoms with van der Waals surface area (Å²) in [4.78, 5) is 12.8. The molecule has 0 aliphatic heterocycles. The van der Waals surface area contributed by atoms with E-state index in [1.165, 1.54) is 18.4 Å². The Morgan fingerprint density at radius 2 is 1.86 bits per heavy atom. The first-order chi connectivity index (χ1) is 10.6. The van der Waals surface area contributed by atoms with Gasteiger partial charge in [-0.15, -0.1) is 0 Å². The van der Waals surface area contributed by atoms with Gasteiger partial charge in [0.25, 0.3) is 0 Å². The Morgan fingerprint density at radius 1 is 1.14 bits per heavy atom. The van der Waals surface area contributed by atoms with E-state index < -0.39 is 0 Å². The number of hydrogen-bond donors (Lipinski definition) is 1. The van der Waals surface area contributed by atoms with Crippen molar-refractivity contribution in [2.75, 3.05) is 0 Å². The molecule has 3 rings (SSSR count). The Morgan fingerprint density at radius 3 is 2.55 bits per heavy atom. The van der Waals surface area contributed by atoms with Crippen molar-refractivity contribution in [3.63, 3.8) is 0 Å². The molecule has 5 atom stereocenters. The highest BCUT2D eigenvalue weighted by Gasteiger charge is 2.42. The number of nitrogens with one attached hydrogen (secondary N) is 1. The van der Waals surface area contributed by atoms with Gasteiger partial charge in [0.1, 0.15) is 0 Å². The molecule has 0 bridgehead atoms. The quantitative estimate of drug-likeness (QED) is 0.879. The molecule has 1 N–H and O–H groups in total. The Labute approximate surface area is 134 Å². The standard InChI is InChI=1S/C20H29NO/c1-13(2)16-10-9-14(3)11-18(16)20(22)21-19-12-17(19)15-7-5-4-6-8-15/h4-8,13-14,16-19H,9-12H2,1-3H3,(H,21,22)/t14?,16-,17?,18+,19?/m0/s1. The van der Waals surface area contributed by atoms with E-state index in [-0.39, 0.29) is 5.92 Å². The molecule has 2 heteroatoms. The maximum Gasteiger partial charge on any atom is 0.223 e. The van der Waals surface area contributed by atoms with Gasteiger partial charge in [-0.25, -0.2) is 0 Å². The first-order valence-electron chi connectivity index (χ1n) is 8.91. The third-order valence-electron chi connectivity index (χ3n) is 5.70. The summed E-state index contributed by atoms with van der Waals surface area (Å²) < 4.78 is 0. The molecule has 0 spiro atoms. The lowest BCUT2D eigenvalue weighted by Crippen LogP contribution is -2.41. The molecule has 2 aliphatic rings. The fourth-order valence-corrected chi connectivity index (χ4v) is 4.22. The van der Waals surface area contributed by atoms with Crippen LogP contribution in [0.5, 0.6) is 0 Å². The summed E-state index contributed by atoms with van der Waals surface area (Å²) in [6.07, 6.45) is 4.66. The van der Waals surface area contributed by atoms with E-state index in [4.69, 9.17) is 0 Å². The average molecular weight is 299 g/mol. The van der Waals surface area contributed by atoms with Gasteiger partial charge in [0, 0.05) is 17.9 Å². The topological polar surface area (TPSA) is 29.1 Å². The number of rotatable bonds is 4. The van der Waals surface area contributed by atoms with E-state index in [9.17, 15) is 4.79 Å². The number of carbonyl (C=O) groups is 1. The van der Waals surface area contributed by atoms with Crippen LogP contribution in [0, 0.1) is 23.7 Å². The number of carbonyl (C=O) groups excluding carboxylic acids is 1. The van der Waals surface area contributed by atoms with Crippen LogP contribution in [0.4, 0.5) is 0 Å². The second kappa shape index (κ2) is 6.44. The molecule has 0 heterocycles. The van der Waals surface area contributed by atoms with Gasteiger partial charge >= 0.3 is 0 Å². The smallest absolute Gasteiger partial charge is 0.223 e. The van der Waals surface area contributed by atoms with Crippen LogP contribution in [-0.4, -0.2) is 11.9 Å². The van der Waals surface area contributed by atoms with Crippen LogP contribution in [-0.2, 0) is 4.79 Å². The predicted octanol–water partition coefficient (Wildman–Crippen LogP) is 4.37. The summed E-state index contributed by atoms with van der Waals surface area (Å²) in [5.41, 5.74) is 1.37. The van der Waals surface area contributed by atoms with Crippen LogP contribution in [0.3, 0.4) is 0 Å². The maximum atomic E-state index is 12.8. The lowest BCUT2D eigenvalue weighted by Gasteiger charge is -2.36. The minimum atomic E-state index is 0.223. The van der Waals surface area contributed by atoms with Gasteiger partial charge in [0.15, 0.2) is 0 Å². The van der Waals surface area contributed by atoms with Crippen molar-refractivity contribution >= 4 is 5.91 Å². The Hall–Kier alpha value is -1.31.